The zero-order chi connectivity index (χ0) is 13.1. The zero-order valence-corrected chi connectivity index (χ0v) is 10.6. The maximum absolute atomic E-state index is 11.7. The van der Waals surface area contributed by atoms with Crippen LogP contribution in [-0.4, -0.2) is 57.4 Å². The highest BCUT2D eigenvalue weighted by Crippen LogP contribution is 1.94. The summed E-state index contributed by atoms with van der Waals surface area (Å²) in [6, 6.07) is -0.952. The molecule has 0 spiro atoms. The van der Waals surface area contributed by atoms with E-state index in [9.17, 15) is 18.0 Å². The summed E-state index contributed by atoms with van der Waals surface area (Å²) >= 11 is 0. The topological polar surface area (TPSA) is 104 Å². The molecule has 98 valence electrons. The van der Waals surface area contributed by atoms with E-state index in [0.29, 0.717) is 0 Å². The van der Waals surface area contributed by atoms with E-state index in [1.54, 1.807) is 6.92 Å². The van der Waals surface area contributed by atoms with Crippen molar-refractivity contribution in [2.24, 2.45) is 0 Å². The quantitative estimate of drug-likeness (QED) is 0.525. The van der Waals surface area contributed by atoms with Crippen LogP contribution in [0.4, 0.5) is 0 Å². The molecule has 17 heavy (non-hydrogen) atoms. The molecule has 7 nitrogen and oxygen atoms in total. The van der Waals surface area contributed by atoms with Gasteiger partial charge in [0.15, 0.2) is 0 Å². The van der Waals surface area contributed by atoms with Gasteiger partial charge in [-0.05, 0) is 6.92 Å². The average Bonchev–Trinajstić information content (AvgIpc) is 2.15. The Morgan fingerprint density at radius 3 is 2.71 bits per heavy atom. The fourth-order valence-electron chi connectivity index (χ4n) is 1.59. The van der Waals surface area contributed by atoms with Crippen molar-refractivity contribution < 1.29 is 18.0 Å². The Balaban J connectivity index is 2.41. The summed E-state index contributed by atoms with van der Waals surface area (Å²) in [4.78, 5) is 22.5. The number of carbonyl (C=O) groups excluding carboxylic acids is 2. The van der Waals surface area contributed by atoms with Crippen LogP contribution in [0.25, 0.3) is 0 Å². The number of piperazine rings is 1. The number of hydrogen-bond acceptors (Lipinski definition) is 5. The van der Waals surface area contributed by atoms with Gasteiger partial charge in [0.2, 0.25) is 11.8 Å². The molecule has 1 rings (SSSR count). The molecule has 8 heteroatoms. The minimum absolute atomic E-state index is 0.0958. The van der Waals surface area contributed by atoms with Gasteiger partial charge in [0.25, 0.3) is 0 Å². The van der Waals surface area contributed by atoms with Crippen LogP contribution in [0.2, 0.25) is 0 Å². The molecule has 2 unspecified atom stereocenters. The van der Waals surface area contributed by atoms with Crippen molar-refractivity contribution in [3.8, 4) is 0 Å². The highest BCUT2D eigenvalue weighted by atomic mass is 32.2. The van der Waals surface area contributed by atoms with Gasteiger partial charge in [0.1, 0.15) is 15.9 Å². The second-order valence-electron chi connectivity index (χ2n) is 4.24. The second-order valence-corrected chi connectivity index (χ2v) is 6.42. The Hall–Kier alpha value is -1.15. The molecule has 1 aliphatic rings. The summed E-state index contributed by atoms with van der Waals surface area (Å²) in [7, 11) is -3.11. The Labute approximate surface area is 100 Å². The van der Waals surface area contributed by atoms with Crippen LogP contribution in [0.5, 0.6) is 0 Å². The second kappa shape index (κ2) is 5.46. The predicted molar refractivity (Wildman–Crippen MR) is 62.1 cm³/mol. The van der Waals surface area contributed by atoms with Crippen molar-refractivity contribution in [1.82, 2.24) is 16.0 Å². The van der Waals surface area contributed by atoms with Crippen LogP contribution in [-0.2, 0) is 19.4 Å². The van der Waals surface area contributed by atoms with Crippen molar-refractivity contribution in [3.05, 3.63) is 0 Å². The number of hydrogen-bond donors (Lipinski definition) is 3. The lowest BCUT2D eigenvalue weighted by Crippen LogP contribution is -2.59. The van der Waals surface area contributed by atoms with Gasteiger partial charge in [-0.25, -0.2) is 8.42 Å². The number of rotatable bonds is 4. The fraction of sp³-hybridized carbons (Fsp3) is 0.778. The van der Waals surface area contributed by atoms with Gasteiger partial charge in [-0.15, -0.1) is 0 Å². The summed E-state index contributed by atoms with van der Waals surface area (Å²) in [5.74, 6) is -0.558. The van der Waals surface area contributed by atoms with Crippen LogP contribution in [0.1, 0.15) is 6.92 Å². The van der Waals surface area contributed by atoms with Gasteiger partial charge in [-0.2, -0.15) is 0 Å². The summed E-state index contributed by atoms with van der Waals surface area (Å²) in [6.45, 7) is 1.94. The molecule has 0 aromatic carbocycles. The molecule has 1 saturated heterocycles. The highest BCUT2D eigenvalue weighted by Gasteiger charge is 2.25. The van der Waals surface area contributed by atoms with Gasteiger partial charge >= 0.3 is 0 Å². The first-order chi connectivity index (χ1) is 7.78. The van der Waals surface area contributed by atoms with E-state index in [-0.39, 0.29) is 30.7 Å². The summed E-state index contributed by atoms with van der Waals surface area (Å²) in [5, 5.41) is 7.91. The van der Waals surface area contributed by atoms with E-state index in [2.05, 4.69) is 16.0 Å². The molecule has 0 aliphatic carbocycles. The molecule has 0 radical (unpaired) electrons. The molecule has 1 aliphatic heterocycles. The normalized spacial score (nSPS) is 22.7. The molecule has 2 atom stereocenters. The summed E-state index contributed by atoms with van der Waals surface area (Å²) in [6.07, 6.45) is 1.12. The van der Waals surface area contributed by atoms with Gasteiger partial charge in [-0.3, -0.25) is 14.9 Å². The molecule has 0 aromatic rings. The lowest BCUT2D eigenvalue weighted by molar-refractivity contribution is -0.126. The lowest BCUT2D eigenvalue weighted by Gasteiger charge is -2.24. The van der Waals surface area contributed by atoms with Crippen molar-refractivity contribution >= 4 is 21.7 Å². The molecule has 1 fully saturated rings. The monoisotopic (exact) mass is 263 g/mol. The smallest absolute Gasteiger partial charge is 0.239 e. The number of amides is 2. The lowest BCUT2D eigenvalue weighted by atomic mass is 10.2. The molecule has 2 amide bonds. The van der Waals surface area contributed by atoms with Crippen molar-refractivity contribution in [3.63, 3.8) is 0 Å². The molecule has 0 saturated carbocycles. The first kappa shape index (κ1) is 13.9. The maximum atomic E-state index is 11.7. The average molecular weight is 263 g/mol. The Morgan fingerprint density at radius 2 is 2.24 bits per heavy atom. The maximum Gasteiger partial charge on any atom is 0.239 e. The first-order valence-electron chi connectivity index (χ1n) is 5.26. The van der Waals surface area contributed by atoms with Crippen molar-refractivity contribution in [2.45, 2.75) is 19.0 Å². The van der Waals surface area contributed by atoms with E-state index in [4.69, 9.17) is 0 Å². The van der Waals surface area contributed by atoms with Crippen LogP contribution >= 0.6 is 0 Å². The van der Waals surface area contributed by atoms with Crippen molar-refractivity contribution in [1.29, 1.82) is 0 Å². The standard InChI is InChI=1S/C9H17N3O4S/c1-6(5-17(2,15)16)12-9(14)7-3-11-8(13)4-10-7/h6-7,10H,3-5H2,1-2H3,(H,11,13)(H,12,14). The fourth-order valence-corrected chi connectivity index (χ4v) is 2.58. The minimum Gasteiger partial charge on any atom is -0.353 e. The molecule has 0 bridgehead atoms. The third-order valence-electron chi connectivity index (χ3n) is 2.27. The third-order valence-corrected chi connectivity index (χ3v) is 3.38. The van der Waals surface area contributed by atoms with E-state index in [1.165, 1.54) is 0 Å². The Morgan fingerprint density at radius 1 is 1.59 bits per heavy atom. The van der Waals surface area contributed by atoms with Crippen LogP contribution < -0.4 is 16.0 Å². The number of carbonyl (C=O) groups is 2. The molecular weight excluding hydrogens is 246 g/mol. The van der Waals surface area contributed by atoms with E-state index < -0.39 is 21.9 Å². The highest BCUT2D eigenvalue weighted by molar-refractivity contribution is 7.90. The van der Waals surface area contributed by atoms with E-state index in [0.717, 1.165) is 6.26 Å². The minimum atomic E-state index is -3.11. The van der Waals surface area contributed by atoms with Gasteiger partial charge in [0, 0.05) is 18.8 Å². The number of nitrogens with one attached hydrogen (secondary N) is 3. The van der Waals surface area contributed by atoms with Crippen LogP contribution in [0.15, 0.2) is 0 Å². The van der Waals surface area contributed by atoms with Gasteiger partial charge in [-0.1, -0.05) is 0 Å². The zero-order valence-electron chi connectivity index (χ0n) is 9.82. The SMILES string of the molecule is CC(CS(C)(=O)=O)NC(=O)C1CNC(=O)CN1. The molecule has 1 heterocycles. The van der Waals surface area contributed by atoms with Gasteiger partial charge in [0.05, 0.1) is 12.3 Å². The van der Waals surface area contributed by atoms with Gasteiger partial charge < -0.3 is 10.6 Å². The van der Waals surface area contributed by atoms with Crippen molar-refractivity contribution in [2.75, 3.05) is 25.1 Å². The molecule has 0 aromatic heterocycles. The third kappa shape index (κ3) is 5.14. The first-order valence-corrected chi connectivity index (χ1v) is 7.32. The van der Waals surface area contributed by atoms with E-state index in [1.807, 2.05) is 0 Å². The summed E-state index contributed by atoms with van der Waals surface area (Å²) in [5.41, 5.74) is 0. The molecule has 3 N–H and O–H groups in total. The molecular formula is C9H17N3O4S. The Kier molecular flexibility index (Phi) is 4.47. The van der Waals surface area contributed by atoms with E-state index >= 15 is 0 Å². The predicted octanol–water partition coefficient (Wildman–Crippen LogP) is -2.38. The largest absolute Gasteiger partial charge is 0.353 e. The summed E-state index contributed by atoms with van der Waals surface area (Å²) < 4.78 is 22.0. The van der Waals surface area contributed by atoms with Crippen LogP contribution in [0.3, 0.4) is 0 Å². The Bertz CT molecular complexity index is 396. The van der Waals surface area contributed by atoms with Crippen LogP contribution in [0, 0.1) is 0 Å². The number of sulfone groups is 1.